The van der Waals surface area contributed by atoms with E-state index in [9.17, 15) is 9.18 Å². The largest absolute Gasteiger partial charge is 0.363 e. The van der Waals surface area contributed by atoms with E-state index in [1.807, 2.05) is 18.2 Å². The predicted octanol–water partition coefficient (Wildman–Crippen LogP) is 4.29. The fraction of sp³-hybridized carbons (Fsp3) is 0.321. The first-order valence-corrected chi connectivity index (χ1v) is 12.0. The number of hydrogen-bond acceptors (Lipinski definition) is 4. The summed E-state index contributed by atoms with van der Waals surface area (Å²) >= 11 is 0. The van der Waals surface area contributed by atoms with Gasteiger partial charge >= 0.3 is 0 Å². The Bertz CT molecular complexity index is 1260. The number of primary amides is 1. The first-order chi connectivity index (χ1) is 16.9. The van der Waals surface area contributed by atoms with Crippen LogP contribution in [0.5, 0.6) is 0 Å². The maximum atomic E-state index is 13.9. The molecular formula is C28H30FN5O. The van der Waals surface area contributed by atoms with Crippen molar-refractivity contribution in [3.63, 3.8) is 0 Å². The number of hydrogen-bond donors (Lipinski definition) is 1. The summed E-state index contributed by atoms with van der Waals surface area (Å²) in [5.74, 6) is -0.0304. The SMILES string of the molecule is Cc1nc(C(N)=O)nn1-c1ccc(C[C@@]2(CN3CCC(F)C3)C=CC(c3ccccc3)=CC2)cc1. The van der Waals surface area contributed by atoms with Crippen LogP contribution in [0.15, 0.2) is 72.8 Å². The summed E-state index contributed by atoms with van der Waals surface area (Å²) in [6, 6.07) is 18.6. The predicted molar refractivity (Wildman–Crippen MR) is 135 cm³/mol. The number of rotatable bonds is 7. The van der Waals surface area contributed by atoms with Crippen LogP contribution in [0.25, 0.3) is 11.3 Å². The average molecular weight is 472 g/mol. The van der Waals surface area contributed by atoms with Gasteiger partial charge in [0, 0.05) is 25.0 Å². The van der Waals surface area contributed by atoms with E-state index in [0.717, 1.165) is 31.6 Å². The maximum Gasteiger partial charge on any atom is 0.288 e. The van der Waals surface area contributed by atoms with Gasteiger partial charge < -0.3 is 5.73 Å². The number of carbonyl (C=O) groups excluding carboxylic acids is 1. The molecule has 2 N–H and O–H groups in total. The van der Waals surface area contributed by atoms with Crippen LogP contribution < -0.4 is 5.73 Å². The zero-order valence-electron chi connectivity index (χ0n) is 19.9. The summed E-state index contributed by atoms with van der Waals surface area (Å²) in [7, 11) is 0. The fourth-order valence-electron chi connectivity index (χ4n) is 5.14. The Kier molecular flexibility index (Phi) is 6.34. The summed E-state index contributed by atoms with van der Waals surface area (Å²) in [6.07, 6.45) is 8.49. The average Bonchev–Trinajstić information content (AvgIpc) is 3.45. The third-order valence-corrected chi connectivity index (χ3v) is 6.93. The minimum absolute atomic E-state index is 0.00987. The molecule has 0 spiro atoms. The first kappa shape index (κ1) is 23.2. The fourth-order valence-corrected chi connectivity index (χ4v) is 5.14. The Morgan fingerprint density at radius 3 is 2.54 bits per heavy atom. The molecule has 1 amide bonds. The molecule has 7 heteroatoms. The Morgan fingerprint density at radius 2 is 1.94 bits per heavy atom. The monoisotopic (exact) mass is 471 g/mol. The lowest BCUT2D eigenvalue weighted by Crippen LogP contribution is -2.37. The third kappa shape index (κ3) is 5.10. The molecule has 3 aromatic rings. The number of nitrogens with zero attached hydrogens (tertiary/aromatic N) is 4. The summed E-state index contributed by atoms with van der Waals surface area (Å²) in [5.41, 5.74) is 9.68. The van der Waals surface area contributed by atoms with Gasteiger partial charge in [-0.25, -0.2) is 14.1 Å². The summed E-state index contributed by atoms with van der Waals surface area (Å²) in [5, 5.41) is 4.22. The molecule has 0 radical (unpaired) electrons. The van der Waals surface area contributed by atoms with Crippen LogP contribution in [0.4, 0.5) is 4.39 Å². The number of aromatic nitrogens is 3. The van der Waals surface area contributed by atoms with Gasteiger partial charge in [-0.1, -0.05) is 60.7 Å². The zero-order chi connectivity index (χ0) is 24.4. The quantitative estimate of drug-likeness (QED) is 0.558. The molecule has 0 saturated carbocycles. The molecule has 2 aromatic carbocycles. The lowest BCUT2D eigenvalue weighted by Gasteiger charge is -2.36. The highest BCUT2D eigenvalue weighted by Crippen LogP contribution is 2.38. The van der Waals surface area contributed by atoms with Crippen molar-refractivity contribution < 1.29 is 9.18 Å². The molecule has 5 rings (SSSR count). The summed E-state index contributed by atoms with van der Waals surface area (Å²) < 4.78 is 15.6. The number of benzene rings is 2. The van der Waals surface area contributed by atoms with Crippen molar-refractivity contribution in [1.82, 2.24) is 19.7 Å². The van der Waals surface area contributed by atoms with Gasteiger partial charge in [0.15, 0.2) is 0 Å². The second-order valence-corrected chi connectivity index (χ2v) is 9.65. The van der Waals surface area contributed by atoms with Gasteiger partial charge in [0.25, 0.3) is 5.91 Å². The molecule has 6 nitrogen and oxygen atoms in total. The van der Waals surface area contributed by atoms with E-state index in [-0.39, 0.29) is 11.2 Å². The molecule has 180 valence electrons. The van der Waals surface area contributed by atoms with E-state index in [1.165, 1.54) is 16.7 Å². The Balaban J connectivity index is 1.38. The lowest BCUT2D eigenvalue weighted by molar-refractivity contribution is 0.0990. The smallest absolute Gasteiger partial charge is 0.288 e. The van der Waals surface area contributed by atoms with Crippen LogP contribution in [-0.2, 0) is 6.42 Å². The van der Waals surface area contributed by atoms with Gasteiger partial charge in [-0.05, 0) is 55.0 Å². The lowest BCUT2D eigenvalue weighted by atomic mass is 9.74. The number of alkyl halides is 1. The van der Waals surface area contributed by atoms with Crippen LogP contribution >= 0.6 is 0 Å². The van der Waals surface area contributed by atoms with E-state index >= 15 is 0 Å². The molecule has 1 aromatic heterocycles. The van der Waals surface area contributed by atoms with Gasteiger partial charge in [-0.15, -0.1) is 5.10 Å². The van der Waals surface area contributed by atoms with E-state index in [2.05, 4.69) is 69.6 Å². The second-order valence-electron chi connectivity index (χ2n) is 9.65. The number of nitrogens with two attached hydrogens (primary N) is 1. The minimum Gasteiger partial charge on any atom is -0.363 e. The molecule has 1 aliphatic carbocycles. The number of carbonyl (C=O) groups is 1. The third-order valence-electron chi connectivity index (χ3n) is 6.93. The van der Waals surface area contributed by atoms with Crippen molar-refractivity contribution in [2.45, 2.75) is 32.4 Å². The molecule has 2 heterocycles. The summed E-state index contributed by atoms with van der Waals surface area (Å²) in [6.45, 7) is 3.94. The van der Waals surface area contributed by atoms with E-state index in [0.29, 0.717) is 18.8 Å². The van der Waals surface area contributed by atoms with Crippen molar-refractivity contribution in [3.8, 4) is 5.69 Å². The molecule has 1 fully saturated rings. The Morgan fingerprint density at radius 1 is 1.17 bits per heavy atom. The van der Waals surface area contributed by atoms with E-state index in [4.69, 9.17) is 5.73 Å². The van der Waals surface area contributed by atoms with Gasteiger partial charge in [0.1, 0.15) is 12.0 Å². The molecule has 2 aliphatic rings. The highest BCUT2D eigenvalue weighted by atomic mass is 19.1. The number of halogens is 1. The highest BCUT2D eigenvalue weighted by molar-refractivity contribution is 5.88. The van der Waals surface area contributed by atoms with Crippen LogP contribution in [0.1, 0.15) is 40.4 Å². The maximum absolute atomic E-state index is 13.9. The van der Waals surface area contributed by atoms with Gasteiger partial charge in [-0.2, -0.15) is 0 Å². The number of allylic oxidation sites excluding steroid dienone is 3. The number of amides is 1. The molecule has 35 heavy (non-hydrogen) atoms. The van der Waals surface area contributed by atoms with Crippen molar-refractivity contribution >= 4 is 11.5 Å². The molecule has 0 bridgehead atoms. The topological polar surface area (TPSA) is 77.0 Å². The van der Waals surface area contributed by atoms with Crippen LogP contribution in [0.2, 0.25) is 0 Å². The van der Waals surface area contributed by atoms with Crippen molar-refractivity contribution in [2.24, 2.45) is 11.1 Å². The van der Waals surface area contributed by atoms with Gasteiger partial charge in [0.05, 0.1) is 5.69 Å². The number of aryl methyl sites for hydroxylation is 1. The van der Waals surface area contributed by atoms with Crippen LogP contribution in [-0.4, -0.2) is 51.4 Å². The standard InChI is InChI=1S/C28H30FN5O/c1-20-31-27(26(30)35)32-34(20)25-9-7-21(8-10-25)17-28(19-33-16-13-24(29)18-33)14-11-23(12-15-28)22-5-3-2-4-6-22/h2-12,14,24H,13,15-19H2,1H3,(H2,30,35)/t24?,28-/m1/s1. The molecule has 1 saturated heterocycles. The second kappa shape index (κ2) is 9.58. The van der Waals surface area contributed by atoms with Crippen molar-refractivity contribution in [3.05, 3.63) is 95.6 Å². The normalized spacial score (nSPS) is 22.3. The zero-order valence-corrected chi connectivity index (χ0v) is 19.9. The minimum atomic E-state index is -0.731. The molecule has 1 unspecified atom stereocenters. The van der Waals surface area contributed by atoms with Crippen molar-refractivity contribution in [1.29, 1.82) is 0 Å². The molecule has 1 aliphatic heterocycles. The summed E-state index contributed by atoms with van der Waals surface area (Å²) in [4.78, 5) is 17.8. The van der Waals surface area contributed by atoms with Crippen molar-refractivity contribution in [2.75, 3.05) is 19.6 Å². The first-order valence-electron chi connectivity index (χ1n) is 12.0. The number of likely N-dealkylation sites (tertiary alicyclic amines) is 1. The molecular weight excluding hydrogens is 441 g/mol. The van der Waals surface area contributed by atoms with Gasteiger partial charge in [0.2, 0.25) is 5.82 Å². The van der Waals surface area contributed by atoms with E-state index < -0.39 is 12.1 Å². The highest BCUT2D eigenvalue weighted by Gasteiger charge is 2.34. The van der Waals surface area contributed by atoms with Gasteiger partial charge in [-0.3, -0.25) is 9.69 Å². The Hall–Kier alpha value is -3.58. The molecule has 2 atom stereocenters. The van der Waals surface area contributed by atoms with E-state index in [1.54, 1.807) is 11.6 Å². The van der Waals surface area contributed by atoms with Crippen LogP contribution in [0.3, 0.4) is 0 Å². The van der Waals surface area contributed by atoms with Crippen LogP contribution in [0, 0.1) is 12.3 Å². The Labute approximate surface area is 205 Å².